The minimum Gasteiger partial charge on any atom is -0.339 e. The number of likely N-dealkylation sites (tertiary alicyclic amines) is 1. The Morgan fingerprint density at radius 2 is 2.16 bits per heavy atom. The second-order valence-corrected chi connectivity index (χ2v) is 7.76. The zero-order valence-corrected chi connectivity index (χ0v) is 15.2. The van der Waals surface area contributed by atoms with E-state index in [4.69, 9.17) is 0 Å². The predicted octanol–water partition coefficient (Wildman–Crippen LogP) is 3.25. The van der Waals surface area contributed by atoms with E-state index in [1.165, 1.54) is 11.8 Å². The molecular weight excluding hydrogens is 334 g/mol. The summed E-state index contributed by atoms with van der Waals surface area (Å²) >= 11 is 1.35. The molecule has 7 heteroatoms. The first-order valence-electron chi connectivity index (χ1n) is 8.65. The number of thioether (sulfide) groups is 1. The van der Waals surface area contributed by atoms with Gasteiger partial charge in [-0.1, -0.05) is 36.9 Å². The second-order valence-electron chi connectivity index (χ2n) is 6.82. The fraction of sp³-hybridized carbons (Fsp3) is 0.444. The topological polar surface area (TPSA) is 74.8 Å². The van der Waals surface area contributed by atoms with Crippen molar-refractivity contribution in [2.75, 3.05) is 12.3 Å². The van der Waals surface area contributed by atoms with Crippen LogP contribution in [0.5, 0.6) is 0 Å². The molecule has 1 saturated heterocycles. The van der Waals surface area contributed by atoms with Crippen LogP contribution in [0, 0.1) is 5.92 Å². The number of H-pyrrole nitrogens is 1. The van der Waals surface area contributed by atoms with E-state index in [1.54, 1.807) is 0 Å². The van der Waals surface area contributed by atoms with Gasteiger partial charge < -0.3 is 9.88 Å². The summed E-state index contributed by atoms with van der Waals surface area (Å²) in [6.07, 6.45) is 2.16. The quantitative estimate of drug-likeness (QED) is 0.730. The predicted molar refractivity (Wildman–Crippen MR) is 99.5 cm³/mol. The van der Waals surface area contributed by atoms with Crippen molar-refractivity contribution in [3.05, 3.63) is 24.3 Å². The Kier molecular flexibility index (Phi) is 4.33. The van der Waals surface area contributed by atoms with Crippen LogP contribution in [0.1, 0.15) is 26.7 Å². The van der Waals surface area contributed by atoms with E-state index in [0.29, 0.717) is 28.5 Å². The van der Waals surface area contributed by atoms with Gasteiger partial charge in [-0.15, -0.1) is 10.2 Å². The number of aromatic amines is 1. The molecule has 1 N–H and O–H groups in total. The Morgan fingerprint density at radius 3 is 3.00 bits per heavy atom. The van der Waals surface area contributed by atoms with Crippen molar-refractivity contribution in [3.8, 4) is 0 Å². The molecule has 0 spiro atoms. The third kappa shape index (κ3) is 3.20. The molecule has 1 fully saturated rings. The van der Waals surface area contributed by atoms with Crippen LogP contribution < -0.4 is 0 Å². The van der Waals surface area contributed by atoms with Gasteiger partial charge in [-0.2, -0.15) is 0 Å². The van der Waals surface area contributed by atoms with Gasteiger partial charge in [0.15, 0.2) is 5.65 Å². The van der Waals surface area contributed by atoms with Crippen LogP contribution in [-0.2, 0) is 4.79 Å². The van der Waals surface area contributed by atoms with Gasteiger partial charge in [-0.25, -0.2) is 4.98 Å². The Balaban J connectivity index is 1.47. The van der Waals surface area contributed by atoms with Crippen LogP contribution in [0.25, 0.3) is 22.1 Å². The number of carbonyl (C=O) groups is 1. The summed E-state index contributed by atoms with van der Waals surface area (Å²) in [5.41, 5.74) is 2.48. The second kappa shape index (κ2) is 6.63. The van der Waals surface area contributed by atoms with Crippen molar-refractivity contribution in [1.29, 1.82) is 0 Å². The molecule has 6 nitrogen and oxygen atoms in total. The zero-order chi connectivity index (χ0) is 17.4. The molecule has 4 rings (SSSR count). The number of hydrogen-bond acceptors (Lipinski definition) is 5. The number of aromatic nitrogens is 4. The molecule has 130 valence electrons. The van der Waals surface area contributed by atoms with Gasteiger partial charge >= 0.3 is 0 Å². The number of benzene rings is 1. The lowest BCUT2D eigenvalue weighted by molar-refractivity contribution is -0.132. The molecule has 0 saturated carbocycles. The summed E-state index contributed by atoms with van der Waals surface area (Å²) in [6, 6.07) is 8.25. The molecular formula is C18H21N5OS. The molecule has 1 amide bonds. The van der Waals surface area contributed by atoms with Crippen molar-refractivity contribution in [3.63, 3.8) is 0 Å². The summed E-state index contributed by atoms with van der Waals surface area (Å²) in [6.45, 7) is 5.23. The lowest BCUT2D eigenvalue weighted by atomic mass is 9.93. The lowest BCUT2D eigenvalue weighted by Gasteiger charge is -2.36. The van der Waals surface area contributed by atoms with E-state index in [1.807, 2.05) is 29.2 Å². The SMILES string of the molecule is C[C@H]1CCN(C(=O)CSc2nnc3c(n2)[nH]c2ccccc23)[C@H](C)C1. The first-order chi connectivity index (χ1) is 12.1. The third-order valence-electron chi connectivity index (χ3n) is 4.89. The standard InChI is InChI=1S/C18H21N5OS/c1-11-7-8-23(12(2)9-11)15(24)10-25-18-20-17-16(21-22-18)13-5-3-4-6-14(13)19-17/h3-6,11-12H,7-10H2,1-2H3,(H,19,20,22)/t11-,12+/m0/s1. The van der Waals surface area contributed by atoms with E-state index in [2.05, 4.69) is 34.0 Å². The van der Waals surface area contributed by atoms with Crippen molar-refractivity contribution >= 4 is 39.7 Å². The first-order valence-corrected chi connectivity index (χ1v) is 9.64. The maximum Gasteiger partial charge on any atom is 0.233 e. The number of fused-ring (bicyclic) bond motifs is 3. The maximum atomic E-state index is 12.5. The molecule has 3 aromatic rings. The van der Waals surface area contributed by atoms with E-state index in [-0.39, 0.29) is 5.91 Å². The number of nitrogens with zero attached hydrogens (tertiary/aromatic N) is 4. The lowest BCUT2D eigenvalue weighted by Crippen LogP contribution is -2.45. The van der Waals surface area contributed by atoms with Gasteiger partial charge in [-0.3, -0.25) is 4.79 Å². The fourth-order valence-corrected chi connectivity index (χ4v) is 4.23. The van der Waals surface area contributed by atoms with Crippen LogP contribution in [0.3, 0.4) is 0 Å². The highest BCUT2D eigenvalue weighted by atomic mass is 32.2. The molecule has 0 unspecified atom stereocenters. The van der Waals surface area contributed by atoms with Gasteiger partial charge in [0.05, 0.1) is 5.75 Å². The van der Waals surface area contributed by atoms with E-state index < -0.39 is 0 Å². The molecule has 25 heavy (non-hydrogen) atoms. The molecule has 2 atom stereocenters. The molecule has 0 bridgehead atoms. The van der Waals surface area contributed by atoms with Crippen molar-refractivity contribution in [2.45, 2.75) is 37.9 Å². The van der Waals surface area contributed by atoms with Crippen molar-refractivity contribution < 1.29 is 4.79 Å². The van der Waals surface area contributed by atoms with E-state index in [0.717, 1.165) is 35.8 Å². The number of rotatable bonds is 3. The summed E-state index contributed by atoms with van der Waals surface area (Å²) in [5.74, 6) is 1.21. The van der Waals surface area contributed by atoms with E-state index >= 15 is 0 Å². The van der Waals surface area contributed by atoms with Crippen LogP contribution in [0.15, 0.2) is 29.4 Å². The molecule has 1 aliphatic rings. The summed E-state index contributed by atoms with van der Waals surface area (Å²) in [4.78, 5) is 22.3. The maximum absolute atomic E-state index is 12.5. The summed E-state index contributed by atoms with van der Waals surface area (Å²) in [5, 5.41) is 10.0. The molecule has 2 aromatic heterocycles. The minimum absolute atomic E-state index is 0.157. The Hall–Kier alpha value is -2.15. The van der Waals surface area contributed by atoms with Gasteiger partial charge in [0.2, 0.25) is 11.1 Å². The largest absolute Gasteiger partial charge is 0.339 e. The van der Waals surface area contributed by atoms with E-state index in [9.17, 15) is 4.79 Å². The monoisotopic (exact) mass is 355 g/mol. The smallest absolute Gasteiger partial charge is 0.233 e. The zero-order valence-electron chi connectivity index (χ0n) is 14.4. The number of hydrogen-bond donors (Lipinski definition) is 1. The Labute approximate surface area is 150 Å². The molecule has 1 aromatic carbocycles. The van der Waals surface area contributed by atoms with Crippen molar-refractivity contribution in [1.82, 2.24) is 25.1 Å². The van der Waals surface area contributed by atoms with Crippen LogP contribution in [0.2, 0.25) is 0 Å². The summed E-state index contributed by atoms with van der Waals surface area (Å²) < 4.78 is 0. The van der Waals surface area contributed by atoms with Gasteiger partial charge in [0, 0.05) is 23.5 Å². The van der Waals surface area contributed by atoms with Crippen LogP contribution >= 0.6 is 11.8 Å². The number of amides is 1. The average Bonchev–Trinajstić information content (AvgIpc) is 2.97. The van der Waals surface area contributed by atoms with Gasteiger partial charge in [0.25, 0.3) is 0 Å². The highest BCUT2D eigenvalue weighted by Gasteiger charge is 2.26. The number of para-hydroxylation sites is 1. The summed E-state index contributed by atoms with van der Waals surface area (Å²) in [7, 11) is 0. The normalized spacial score (nSPS) is 21.1. The van der Waals surface area contributed by atoms with Gasteiger partial charge in [0.1, 0.15) is 5.52 Å². The average molecular weight is 355 g/mol. The Bertz CT molecular complexity index is 924. The fourth-order valence-electron chi connectivity index (χ4n) is 3.55. The highest BCUT2D eigenvalue weighted by Crippen LogP contribution is 2.25. The molecule has 1 aliphatic heterocycles. The van der Waals surface area contributed by atoms with Gasteiger partial charge in [-0.05, 0) is 31.7 Å². The Morgan fingerprint density at radius 1 is 1.32 bits per heavy atom. The third-order valence-corrected chi connectivity index (χ3v) is 5.71. The molecule has 3 heterocycles. The number of carbonyl (C=O) groups excluding carboxylic acids is 1. The van der Waals surface area contributed by atoms with Crippen LogP contribution in [-0.4, -0.2) is 49.3 Å². The number of piperidine rings is 1. The first kappa shape index (κ1) is 16.3. The molecule has 0 aliphatic carbocycles. The number of nitrogens with one attached hydrogen (secondary N) is 1. The highest BCUT2D eigenvalue weighted by molar-refractivity contribution is 7.99. The van der Waals surface area contributed by atoms with Crippen molar-refractivity contribution in [2.24, 2.45) is 5.92 Å². The minimum atomic E-state index is 0.157. The molecule has 0 radical (unpaired) electrons. The van der Waals surface area contributed by atoms with Crippen LogP contribution in [0.4, 0.5) is 0 Å².